The number of hydrogen-bond donors (Lipinski definition) is 1. The van der Waals surface area contributed by atoms with Crippen molar-refractivity contribution in [2.75, 3.05) is 6.54 Å². The number of halogens is 4. The highest BCUT2D eigenvalue weighted by atomic mass is 79.9. The molecule has 1 N–H and O–H groups in total. The Kier molecular flexibility index (Phi) is 5.87. The summed E-state index contributed by atoms with van der Waals surface area (Å²) in [6.45, 7) is 2.93. The second-order valence-corrected chi connectivity index (χ2v) is 7.27. The summed E-state index contributed by atoms with van der Waals surface area (Å²) in [7, 11) is 0. The molecule has 0 amide bonds. The Morgan fingerprint density at radius 2 is 2.10 bits per heavy atom. The van der Waals surface area contributed by atoms with E-state index in [1.807, 2.05) is 6.07 Å². The Labute approximate surface area is 140 Å². The fraction of sp³-hybridized carbons (Fsp3) is 0.286. The van der Waals surface area contributed by atoms with E-state index in [1.165, 1.54) is 23.5 Å². The van der Waals surface area contributed by atoms with Gasteiger partial charge in [-0.3, -0.25) is 0 Å². The lowest BCUT2D eigenvalue weighted by atomic mass is 10.0. The molecule has 1 heterocycles. The van der Waals surface area contributed by atoms with E-state index in [-0.39, 0.29) is 11.9 Å². The first-order valence-electron chi connectivity index (χ1n) is 6.16. The number of hydrogen-bond acceptors (Lipinski definition) is 2. The van der Waals surface area contributed by atoms with Crippen molar-refractivity contribution < 1.29 is 4.39 Å². The molecular weight excluding hydrogens is 384 g/mol. The van der Waals surface area contributed by atoms with Crippen molar-refractivity contribution in [3.63, 3.8) is 0 Å². The number of benzene rings is 1. The quantitative estimate of drug-likeness (QED) is 0.648. The summed E-state index contributed by atoms with van der Waals surface area (Å²) in [6, 6.07) is 6.36. The van der Waals surface area contributed by atoms with Gasteiger partial charge in [-0.1, -0.05) is 36.2 Å². The zero-order chi connectivity index (χ0) is 14.7. The molecule has 0 aliphatic carbocycles. The van der Waals surface area contributed by atoms with Crippen molar-refractivity contribution in [1.82, 2.24) is 5.32 Å². The zero-order valence-corrected chi connectivity index (χ0v) is 14.6. The summed E-state index contributed by atoms with van der Waals surface area (Å²) in [4.78, 5) is 1.05. The third kappa shape index (κ3) is 3.74. The van der Waals surface area contributed by atoms with Gasteiger partial charge in [0.25, 0.3) is 0 Å². The van der Waals surface area contributed by atoms with E-state index >= 15 is 0 Å². The first-order valence-corrected chi connectivity index (χ1v) is 8.52. The maximum atomic E-state index is 13.2. The predicted molar refractivity (Wildman–Crippen MR) is 88.6 cm³/mol. The molecule has 1 nitrogen and oxygen atoms in total. The minimum atomic E-state index is -0.335. The zero-order valence-electron chi connectivity index (χ0n) is 10.7. The fourth-order valence-corrected chi connectivity index (χ4v) is 4.00. The van der Waals surface area contributed by atoms with Gasteiger partial charge in [0.1, 0.15) is 10.2 Å². The minimum absolute atomic E-state index is 0.0863. The molecule has 1 aromatic heterocycles. The van der Waals surface area contributed by atoms with Crippen LogP contribution in [0, 0.1) is 5.82 Å². The molecule has 0 radical (unpaired) electrons. The van der Waals surface area contributed by atoms with Crippen LogP contribution in [0.25, 0.3) is 0 Å². The van der Waals surface area contributed by atoms with E-state index in [9.17, 15) is 4.39 Å². The van der Waals surface area contributed by atoms with E-state index in [0.717, 1.165) is 27.9 Å². The molecule has 1 aromatic carbocycles. The number of thiophene rings is 1. The SMILES string of the molecule is CCCNC(c1cc(Br)c(Cl)s1)c1ccc(F)cc1Cl. The molecule has 6 heteroatoms. The van der Waals surface area contributed by atoms with Crippen molar-refractivity contribution in [2.45, 2.75) is 19.4 Å². The van der Waals surface area contributed by atoms with Crippen molar-refractivity contribution in [1.29, 1.82) is 0 Å². The third-order valence-corrected chi connectivity index (χ3v) is 5.69. The number of nitrogens with one attached hydrogen (secondary N) is 1. The lowest BCUT2D eigenvalue weighted by Gasteiger charge is -2.19. The molecule has 0 spiro atoms. The maximum absolute atomic E-state index is 13.2. The molecule has 0 fully saturated rings. The highest BCUT2D eigenvalue weighted by Crippen LogP contribution is 2.39. The van der Waals surface area contributed by atoms with Crippen molar-refractivity contribution in [3.05, 3.63) is 54.4 Å². The van der Waals surface area contributed by atoms with Crippen LogP contribution >= 0.6 is 50.5 Å². The summed E-state index contributed by atoms with van der Waals surface area (Å²) < 4.78 is 14.8. The van der Waals surface area contributed by atoms with Crippen molar-refractivity contribution in [2.24, 2.45) is 0 Å². The largest absolute Gasteiger partial charge is 0.306 e. The topological polar surface area (TPSA) is 12.0 Å². The summed E-state index contributed by atoms with van der Waals surface area (Å²) in [5, 5.41) is 3.84. The highest BCUT2D eigenvalue weighted by Gasteiger charge is 2.20. The molecule has 0 saturated heterocycles. The van der Waals surface area contributed by atoms with Gasteiger partial charge in [0.15, 0.2) is 0 Å². The molecule has 20 heavy (non-hydrogen) atoms. The smallest absolute Gasteiger partial charge is 0.124 e. The fourth-order valence-electron chi connectivity index (χ4n) is 1.89. The Morgan fingerprint density at radius 3 is 2.65 bits per heavy atom. The van der Waals surface area contributed by atoms with E-state index in [0.29, 0.717) is 9.36 Å². The molecular formula is C14H13BrCl2FNS. The van der Waals surface area contributed by atoms with Crippen LogP contribution < -0.4 is 5.32 Å². The Balaban J connectivity index is 2.41. The monoisotopic (exact) mass is 395 g/mol. The molecule has 2 aromatic rings. The van der Waals surface area contributed by atoms with Gasteiger partial charge in [0.2, 0.25) is 0 Å². The van der Waals surface area contributed by atoms with Crippen LogP contribution in [0.1, 0.15) is 29.8 Å². The molecule has 0 bridgehead atoms. The third-order valence-electron chi connectivity index (χ3n) is 2.82. The van der Waals surface area contributed by atoms with Gasteiger partial charge in [-0.15, -0.1) is 11.3 Å². The summed E-state index contributed by atoms with van der Waals surface area (Å²) in [5.74, 6) is -0.335. The van der Waals surface area contributed by atoms with Crippen LogP contribution in [0.15, 0.2) is 28.7 Å². The highest BCUT2D eigenvalue weighted by molar-refractivity contribution is 9.10. The molecule has 0 saturated carbocycles. The van der Waals surface area contributed by atoms with Crippen LogP contribution in [0.2, 0.25) is 9.36 Å². The van der Waals surface area contributed by atoms with Crippen LogP contribution in [0.5, 0.6) is 0 Å². The van der Waals surface area contributed by atoms with E-state index in [2.05, 4.69) is 28.2 Å². The first-order chi connectivity index (χ1) is 9.52. The normalized spacial score (nSPS) is 12.7. The second kappa shape index (κ2) is 7.23. The van der Waals surface area contributed by atoms with Gasteiger partial charge >= 0.3 is 0 Å². The van der Waals surface area contributed by atoms with Crippen molar-refractivity contribution in [3.8, 4) is 0 Å². The predicted octanol–water partition coefficient (Wildman–Crippen LogP) is 6.05. The minimum Gasteiger partial charge on any atom is -0.306 e. The molecule has 1 unspecified atom stereocenters. The van der Waals surface area contributed by atoms with Crippen LogP contribution in [0.4, 0.5) is 4.39 Å². The molecule has 1 atom stereocenters. The summed E-state index contributed by atoms with van der Waals surface area (Å²) in [5.41, 5.74) is 0.854. The molecule has 108 valence electrons. The Morgan fingerprint density at radius 1 is 1.35 bits per heavy atom. The number of rotatable bonds is 5. The van der Waals surface area contributed by atoms with Crippen LogP contribution in [-0.4, -0.2) is 6.54 Å². The Hall–Kier alpha value is -0.130. The van der Waals surface area contributed by atoms with E-state index in [1.54, 1.807) is 6.07 Å². The van der Waals surface area contributed by atoms with Crippen molar-refractivity contribution >= 4 is 50.5 Å². The second-order valence-electron chi connectivity index (χ2n) is 4.32. The van der Waals surface area contributed by atoms with E-state index < -0.39 is 0 Å². The molecule has 0 aliphatic heterocycles. The first kappa shape index (κ1) is 16.2. The average Bonchev–Trinajstić information content (AvgIpc) is 2.72. The van der Waals surface area contributed by atoms with Gasteiger partial charge in [-0.05, 0) is 52.7 Å². The van der Waals surface area contributed by atoms with Crippen LogP contribution in [0.3, 0.4) is 0 Å². The lowest BCUT2D eigenvalue weighted by molar-refractivity contribution is 0.599. The molecule has 2 rings (SSSR count). The van der Waals surface area contributed by atoms with Gasteiger partial charge in [-0.25, -0.2) is 4.39 Å². The summed E-state index contributed by atoms with van der Waals surface area (Å²) >= 11 is 17.2. The molecule has 0 aliphatic rings. The van der Waals surface area contributed by atoms with Gasteiger partial charge in [0, 0.05) is 14.4 Å². The average molecular weight is 397 g/mol. The summed E-state index contributed by atoms with van der Waals surface area (Å²) in [6.07, 6.45) is 0.996. The standard InChI is InChI=1S/C14H13BrCl2FNS/c1-2-5-19-13(12-7-10(15)14(17)20-12)9-4-3-8(18)6-11(9)16/h3-4,6-7,13,19H,2,5H2,1H3. The van der Waals surface area contributed by atoms with Gasteiger partial charge in [0.05, 0.1) is 6.04 Å². The van der Waals surface area contributed by atoms with E-state index in [4.69, 9.17) is 23.2 Å². The Bertz CT molecular complexity index is 583. The van der Waals surface area contributed by atoms with Gasteiger partial charge < -0.3 is 5.32 Å². The van der Waals surface area contributed by atoms with Crippen LogP contribution in [-0.2, 0) is 0 Å². The van der Waals surface area contributed by atoms with Gasteiger partial charge in [-0.2, -0.15) is 0 Å². The maximum Gasteiger partial charge on any atom is 0.124 e. The lowest BCUT2D eigenvalue weighted by Crippen LogP contribution is -2.22.